The third-order valence-electron chi connectivity index (χ3n) is 3.01. The second kappa shape index (κ2) is 4.89. The lowest BCUT2D eigenvalue weighted by Gasteiger charge is -2.36. The van der Waals surface area contributed by atoms with Gasteiger partial charge in [0, 0.05) is 11.8 Å². The average molecular weight is 231 g/mol. The van der Waals surface area contributed by atoms with Crippen molar-refractivity contribution in [1.82, 2.24) is 0 Å². The van der Waals surface area contributed by atoms with Gasteiger partial charge in [0.05, 0.1) is 12.6 Å². The summed E-state index contributed by atoms with van der Waals surface area (Å²) in [5.41, 5.74) is 10.8. The molecule has 0 fully saturated rings. The molecule has 1 aromatic carbocycles. The molecule has 17 heavy (non-hydrogen) atoms. The molecule has 0 amide bonds. The zero-order chi connectivity index (χ0) is 12.3. The zero-order valence-corrected chi connectivity index (χ0v) is 9.54. The molecule has 0 N–H and O–H groups in total. The molecule has 0 saturated heterocycles. The maximum Gasteiger partial charge on any atom is 0.302 e. The lowest BCUT2D eigenvalue weighted by atomic mass is 9.72. The highest BCUT2D eigenvalue weighted by Gasteiger charge is 2.36. The Bertz CT molecular complexity index is 480. The third kappa shape index (κ3) is 2.24. The van der Waals surface area contributed by atoms with Gasteiger partial charge in [0.2, 0.25) is 0 Å². The van der Waals surface area contributed by atoms with Crippen LogP contribution in [-0.4, -0.2) is 12.6 Å². The minimum Gasteiger partial charge on any atom is -0.466 e. The van der Waals surface area contributed by atoms with Crippen LogP contribution in [0.5, 0.6) is 0 Å². The van der Waals surface area contributed by atoms with Gasteiger partial charge < -0.3 is 4.74 Å². The Morgan fingerprint density at radius 1 is 1.47 bits per heavy atom. The van der Waals surface area contributed by atoms with Gasteiger partial charge >= 0.3 is 5.97 Å². The highest BCUT2D eigenvalue weighted by Crippen LogP contribution is 2.49. The lowest BCUT2D eigenvalue weighted by Crippen LogP contribution is -2.24. The number of esters is 1. The molecule has 1 aliphatic rings. The molecule has 0 aliphatic heterocycles. The molecular formula is C12H13N3O2. The molecule has 88 valence electrons. The molecule has 0 aromatic heterocycles. The molecular weight excluding hydrogens is 218 g/mol. The normalized spacial score (nSPS) is 20.8. The SMILES string of the molecule is CC(=O)OCC[C@H]1c2ccccc2[C@H]1N=[N+]=[N-]. The maximum atomic E-state index is 10.7. The van der Waals surface area contributed by atoms with Crippen LogP contribution in [0.4, 0.5) is 0 Å². The average Bonchev–Trinajstić information content (AvgIpc) is 2.31. The first-order valence-corrected chi connectivity index (χ1v) is 5.50. The second-order valence-corrected chi connectivity index (χ2v) is 4.01. The molecule has 2 rings (SSSR count). The van der Waals surface area contributed by atoms with Gasteiger partial charge in [-0.15, -0.1) is 0 Å². The van der Waals surface area contributed by atoms with Crippen molar-refractivity contribution >= 4 is 5.97 Å². The molecule has 0 saturated carbocycles. The van der Waals surface area contributed by atoms with Crippen molar-refractivity contribution in [2.45, 2.75) is 25.3 Å². The summed E-state index contributed by atoms with van der Waals surface area (Å²) >= 11 is 0. The fraction of sp³-hybridized carbons (Fsp3) is 0.417. The van der Waals surface area contributed by atoms with E-state index in [1.807, 2.05) is 24.3 Å². The highest BCUT2D eigenvalue weighted by atomic mass is 16.5. The monoisotopic (exact) mass is 231 g/mol. The molecule has 2 atom stereocenters. The summed E-state index contributed by atoms with van der Waals surface area (Å²) in [6.45, 7) is 1.76. The fourth-order valence-electron chi connectivity index (χ4n) is 2.25. The molecule has 1 aromatic rings. The zero-order valence-electron chi connectivity index (χ0n) is 9.54. The number of hydrogen-bond donors (Lipinski definition) is 0. The largest absolute Gasteiger partial charge is 0.466 e. The predicted molar refractivity (Wildman–Crippen MR) is 62.3 cm³/mol. The van der Waals surface area contributed by atoms with Crippen LogP contribution in [0.25, 0.3) is 10.4 Å². The van der Waals surface area contributed by atoms with Crippen molar-refractivity contribution in [3.63, 3.8) is 0 Å². The van der Waals surface area contributed by atoms with Gasteiger partial charge in [0.25, 0.3) is 0 Å². The number of benzene rings is 1. The van der Waals surface area contributed by atoms with Crippen LogP contribution in [0, 0.1) is 0 Å². The summed E-state index contributed by atoms with van der Waals surface area (Å²) in [6, 6.07) is 7.77. The van der Waals surface area contributed by atoms with Crippen LogP contribution in [0.1, 0.15) is 36.4 Å². The van der Waals surface area contributed by atoms with Gasteiger partial charge in [-0.25, -0.2) is 0 Å². The van der Waals surface area contributed by atoms with Gasteiger partial charge in [0.1, 0.15) is 0 Å². The molecule has 0 heterocycles. The quantitative estimate of drug-likeness (QED) is 0.345. The summed E-state index contributed by atoms with van der Waals surface area (Å²) in [5, 5.41) is 3.79. The fourth-order valence-corrected chi connectivity index (χ4v) is 2.25. The van der Waals surface area contributed by atoms with E-state index in [1.165, 1.54) is 12.5 Å². The minimum atomic E-state index is -0.280. The predicted octanol–water partition coefficient (Wildman–Crippen LogP) is 3.09. The number of azide groups is 1. The number of nitrogens with zero attached hydrogens (tertiary/aromatic N) is 3. The van der Waals surface area contributed by atoms with Gasteiger partial charge in [-0.3, -0.25) is 4.79 Å². The number of carbonyl (C=O) groups is 1. The first-order valence-electron chi connectivity index (χ1n) is 5.50. The summed E-state index contributed by atoms with van der Waals surface area (Å²) in [7, 11) is 0. The van der Waals surface area contributed by atoms with E-state index in [-0.39, 0.29) is 17.9 Å². The van der Waals surface area contributed by atoms with Crippen molar-refractivity contribution in [3.8, 4) is 0 Å². The van der Waals surface area contributed by atoms with Crippen LogP contribution in [0.2, 0.25) is 0 Å². The first kappa shape index (κ1) is 11.5. The Balaban J connectivity index is 2.07. The van der Waals surface area contributed by atoms with E-state index in [4.69, 9.17) is 10.3 Å². The molecule has 5 heteroatoms. The first-order chi connectivity index (χ1) is 8.24. The van der Waals surface area contributed by atoms with Crippen LogP contribution in [-0.2, 0) is 9.53 Å². The van der Waals surface area contributed by atoms with Crippen LogP contribution in [0.3, 0.4) is 0 Å². The Morgan fingerprint density at radius 2 is 2.18 bits per heavy atom. The smallest absolute Gasteiger partial charge is 0.302 e. The highest BCUT2D eigenvalue weighted by molar-refractivity contribution is 5.65. The Morgan fingerprint density at radius 3 is 2.82 bits per heavy atom. The second-order valence-electron chi connectivity index (χ2n) is 4.01. The molecule has 0 unspecified atom stereocenters. The summed E-state index contributed by atoms with van der Waals surface area (Å²) in [5.74, 6) is -0.112. The van der Waals surface area contributed by atoms with E-state index in [2.05, 4.69) is 10.0 Å². The Kier molecular flexibility index (Phi) is 3.30. The van der Waals surface area contributed by atoms with Crippen molar-refractivity contribution in [2.75, 3.05) is 6.61 Å². The number of rotatable bonds is 4. The van der Waals surface area contributed by atoms with Crippen molar-refractivity contribution in [2.24, 2.45) is 5.11 Å². The van der Waals surface area contributed by atoms with Gasteiger partial charge in [-0.1, -0.05) is 29.4 Å². The summed E-state index contributed by atoms with van der Waals surface area (Å²) in [6.07, 6.45) is 0.695. The minimum absolute atomic E-state index is 0.119. The summed E-state index contributed by atoms with van der Waals surface area (Å²) < 4.78 is 4.92. The standard InChI is InChI=1S/C12H13N3O2/c1-8(16)17-7-6-11-9-4-2-3-5-10(9)12(11)14-15-13/h2-5,11-12H,6-7H2,1H3/t11-,12+/m0/s1. The number of ether oxygens (including phenoxy) is 1. The van der Waals surface area contributed by atoms with Crippen molar-refractivity contribution in [1.29, 1.82) is 0 Å². The number of carbonyl (C=O) groups excluding carboxylic acids is 1. The lowest BCUT2D eigenvalue weighted by molar-refractivity contribution is -0.141. The van der Waals surface area contributed by atoms with E-state index >= 15 is 0 Å². The molecule has 0 radical (unpaired) electrons. The van der Waals surface area contributed by atoms with Gasteiger partial charge in [0.15, 0.2) is 0 Å². The van der Waals surface area contributed by atoms with E-state index < -0.39 is 0 Å². The number of fused-ring (bicyclic) bond motifs is 1. The third-order valence-corrected chi connectivity index (χ3v) is 3.01. The molecule has 1 aliphatic carbocycles. The summed E-state index contributed by atoms with van der Waals surface area (Å²) in [4.78, 5) is 13.5. The maximum absolute atomic E-state index is 10.7. The van der Waals surface area contributed by atoms with Crippen molar-refractivity contribution in [3.05, 3.63) is 45.8 Å². The van der Waals surface area contributed by atoms with Gasteiger partial charge in [-0.05, 0) is 29.0 Å². The van der Waals surface area contributed by atoms with Crippen molar-refractivity contribution < 1.29 is 9.53 Å². The molecule has 0 spiro atoms. The van der Waals surface area contributed by atoms with Crippen LogP contribution < -0.4 is 0 Å². The Hall–Kier alpha value is -2.00. The van der Waals surface area contributed by atoms with E-state index in [0.717, 1.165) is 5.56 Å². The van der Waals surface area contributed by atoms with E-state index in [0.29, 0.717) is 13.0 Å². The van der Waals surface area contributed by atoms with E-state index in [1.54, 1.807) is 0 Å². The number of hydrogen-bond acceptors (Lipinski definition) is 3. The molecule has 0 bridgehead atoms. The molecule has 5 nitrogen and oxygen atoms in total. The van der Waals surface area contributed by atoms with Crippen LogP contribution >= 0.6 is 0 Å². The van der Waals surface area contributed by atoms with Gasteiger partial charge in [-0.2, -0.15) is 0 Å². The Labute approximate surface area is 99.0 Å². The van der Waals surface area contributed by atoms with Crippen LogP contribution in [0.15, 0.2) is 29.4 Å². The van der Waals surface area contributed by atoms with E-state index in [9.17, 15) is 4.79 Å². The topological polar surface area (TPSA) is 75.1 Å².